The van der Waals surface area contributed by atoms with Crippen LogP contribution in [0.15, 0.2) is 24.3 Å². The first kappa shape index (κ1) is 21.9. The van der Waals surface area contributed by atoms with Crippen molar-refractivity contribution in [1.29, 1.82) is 0 Å². The van der Waals surface area contributed by atoms with Crippen LogP contribution in [0, 0.1) is 5.92 Å². The van der Waals surface area contributed by atoms with Crippen LogP contribution < -0.4 is 0 Å². The molecule has 2 aromatic rings. The number of aromatic nitrogens is 4. The molecule has 0 unspecified atom stereocenters. The van der Waals surface area contributed by atoms with Crippen LogP contribution in [0.4, 0.5) is 0 Å². The van der Waals surface area contributed by atoms with E-state index in [4.69, 9.17) is 9.47 Å². The summed E-state index contributed by atoms with van der Waals surface area (Å²) in [6.07, 6.45) is 3.47. The molecule has 0 spiro atoms. The first-order valence-electron chi connectivity index (χ1n) is 10.2. The molecule has 9 nitrogen and oxygen atoms in total. The summed E-state index contributed by atoms with van der Waals surface area (Å²) in [5, 5.41) is 12.4. The van der Waals surface area contributed by atoms with Gasteiger partial charge < -0.3 is 14.4 Å². The zero-order valence-electron chi connectivity index (χ0n) is 18.0. The summed E-state index contributed by atoms with van der Waals surface area (Å²) in [7, 11) is 3.30. The lowest BCUT2D eigenvalue weighted by molar-refractivity contribution is -0.142. The third kappa shape index (κ3) is 4.21. The maximum Gasteiger partial charge on any atom is 0.338 e. The molecule has 1 heterocycles. The topological polar surface area (TPSA) is 99.4 Å². The molecule has 9 heteroatoms. The van der Waals surface area contributed by atoms with Crippen LogP contribution in [-0.4, -0.2) is 64.4 Å². The Balaban J connectivity index is 1.98. The highest BCUT2D eigenvalue weighted by Gasteiger charge is 2.45. The van der Waals surface area contributed by atoms with E-state index in [-0.39, 0.29) is 18.5 Å². The largest absolute Gasteiger partial charge is 0.462 e. The maximum absolute atomic E-state index is 12.7. The molecule has 30 heavy (non-hydrogen) atoms. The van der Waals surface area contributed by atoms with Gasteiger partial charge in [0.1, 0.15) is 12.1 Å². The number of likely N-dealkylation sites (N-methyl/N-ethyl adjacent to an activating group) is 1. The number of carbonyl (C=O) groups excluding carboxylic acids is 2. The highest BCUT2D eigenvalue weighted by atomic mass is 16.5. The zero-order valence-corrected chi connectivity index (χ0v) is 18.0. The molecule has 1 saturated carbocycles. The van der Waals surface area contributed by atoms with Gasteiger partial charge in [0.15, 0.2) is 5.82 Å². The smallest absolute Gasteiger partial charge is 0.338 e. The molecule has 0 N–H and O–H groups in total. The average Bonchev–Trinajstić information content (AvgIpc) is 3.25. The molecule has 0 bridgehead atoms. The highest BCUT2D eigenvalue weighted by molar-refractivity contribution is 5.89. The van der Waals surface area contributed by atoms with Gasteiger partial charge in [-0.15, -0.1) is 5.10 Å². The first-order valence-corrected chi connectivity index (χ1v) is 10.2. The van der Waals surface area contributed by atoms with Crippen LogP contribution in [0.3, 0.4) is 0 Å². The van der Waals surface area contributed by atoms with Gasteiger partial charge in [0.05, 0.1) is 17.9 Å². The van der Waals surface area contributed by atoms with E-state index in [2.05, 4.69) is 22.4 Å². The summed E-state index contributed by atoms with van der Waals surface area (Å²) in [4.78, 5) is 26.4. The summed E-state index contributed by atoms with van der Waals surface area (Å²) >= 11 is 0. The molecule has 162 valence electrons. The normalized spacial score (nSPS) is 21.3. The standard InChI is InChI=1S/C21H29N5O4/c1-5-30-19(28)16-6-8-17(9-7-16)26-20(22-23-24-26)21(12-10-15(2)11-13-21)25(3)18(27)14-29-4/h6-9,15H,5,10-14H2,1-4H3. The Morgan fingerprint density at radius 3 is 2.50 bits per heavy atom. The third-order valence-corrected chi connectivity index (χ3v) is 5.89. The minimum absolute atomic E-state index is 0.00358. The van der Waals surface area contributed by atoms with Crippen molar-refractivity contribution in [3.8, 4) is 5.69 Å². The van der Waals surface area contributed by atoms with Gasteiger partial charge in [0.25, 0.3) is 0 Å². The van der Waals surface area contributed by atoms with Crippen LogP contribution in [-0.2, 0) is 19.8 Å². The Bertz CT molecular complexity index is 872. The molecule has 0 saturated heterocycles. The van der Waals surface area contributed by atoms with Gasteiger partial charge in [0, 0.05) is 14.2 Å². The predicted molar refractivity (Wildman–Crippen MR) is 109 cm³/mol. The number of esters is 1. The number of amides is 1. The van der Waals surface area contributed by atoms with Crippen LogP contribution >= 0.6 is 0 Å². The minimum Gasteiger partial charge on any atom is -0.462 e. The van der Waals surface area contributed by atoms with E-state index in [0.29, 0.717) is 29.6 Å². The van der Waals surface area contributed by atoms with Crippen molar-refractivity contribution in [2.45, 2.75) is 45.1 Å². The summed E-state index contributed by atoms with van der Waals surface area (Å²) in [5.41, 5.74) is 0.559. The zero-order chi connectivity index (χ0) is 21.7. The highest BCUT2D eigenvalue weighted by Crippen LogP contribution is 2.43. The van der Waals surface area contributed by atoms with E-state index < -0.39 is 5.54 Å². The summed E-state index contributed by atoms with van der Waals surface area (Å²) in [6, 6.07) is 6.94. The molecule has 0 radical (unpaired) electrons. The number of hydrogen-bond acceptors (Lipinski definition) is 7. The van der Waals surface area contributed by atoms with Crippen LogP contribution in [0.2, 0.25) is 0 Å². The van der Waals surface area contributed by atoms with Gasteiger partial charge in [-0.2, -0.15) is 4.68 Å². The Kier molecular flexibility index (Phi) is 6.81. The second-order valence-corrected chi connectivity index (χ2v) is 7.78. The van der Waals surface area contributed by atoms with Crippen molar-refractivity contribution in [1.82, 2.24) is 25.1 Å². The number of tetrazole rings is 1. The van der Waals surface area contributed by atoms with Crippen molar-refractivity contribution in [3.05, 3.63) is 35.7 Å². The van der Waals surface area contributed by atoms with Gasteiger partial charge in [0.2, 0.25) is 5.91 Å². The average molecular weight is 415 g/mol. The Morgan fingerprint density at radius 2 is 1.90 bits per heavy atom. The first-order chi connectivity index (χ1) is 14.4. The lowest BCUT2D eigenvalue weighted by Gasteiger charge is -2.44. The van der Waals surface area contributed by atoms with Crippen molar-refractivity contribution in [2.75, 3.05) is 27.4 Å². The molecule has 1 aromatic heterocycles. The fraction of sp³-hybridized carbons (Fsp3) is 0.571. The molecule has 1 amide bonds. The Labute approximate surface area is 176 Å². The van der Waals surface area contributed by atoms with E-state index in [0.717, 1.165) is 25.7 Å². The molecule has 1 aliphatic rings. The molecule has 0 atom stereocenters. The molecule has 0 aliphatic heterocycles. The van der Waals surface area contributed by atoms with Gasteiger partial charge in [-0.05, 0) is 73.2 Å². The number of benzene rings is 1. The van der Waals surface area contributed by atoms with Crippen LogP contribution in [0.1, 0.15) is 55.7 Å². The van der Waals surface area contributed by atoms with E-state index in [1.54, 1.807) is 47.8 Å². The lowest BCUT2D eigenvalue weighted by atomic mass is 9.75. The molecular weight excluding hydrogens is 386 g/mol. The number of carbonyl (C=O) groups is 2. The Morgan fingerprint density at radius 1 is 1.23 bits per heavy atom. The summed E-state index contributed by atoms with van der Waals surface area (Å²) in [6.45, 7) is 4.31. The predicted octanol–water partition coefficient (Wildman–Crippen LogP) is 2.35. The van der Waals surface area contributed by atoms with E-state index in [1.807, 2.05) is 0 Å². The Hall–Kier alpha value is -2.81. The van der Waals surface area contributed by atoms with Crippen molar-refractivity contribution in [3.63, 3.8) is 0 Å². The van der Waals surface area contributed by atoms with Gasteiger partial charge >= 0.3 is 5.97 Å². The van der Waals surface area contributed by atoms with E-state index >= 15 is 0 Å². The quantitative estimate of drug-likeness (QED) is 0.640. The minimum atomic E-state index is -0.620. The SMILES string of the molecule is CCOC(=O)c1ccc(-n2nnnc2C2(N(C)C(=O)COC)CCC(C)CC2)cc1. The monoisotopic (exact) mass is 415 g/mol. The van der Waals surface area contributed by atoms with E-state index in [9.17, 15) is 9.59 Å². The van der Waals surface area contributed by atoms with Crippen LogP contribution in [0.25, 0.3) is 5.69 Å². The number of hydrogen-bond donors (Lipinski definition) is 0. The molecule has 1 fully saturated rings. The third-order valence-electron chi connectivity index (χ3n) is 5.89. The van der Waals surface area contributed by atoms with Gasteiger partial charge in [-0.3, -0.25) is 4.79 Å². The number of ether oxygens (including phenoxy) is 2. The summed E-state index contributed by atoms with van der Waals surface area (Å²) < 4.78 is 11.8. The van der Waals surface area contributed by atoms with E-state index in [1.165, 1.54) is 7.11 Å². The van der Waals surface area contributed by atoms with Crippen molar-refractivity contribution < 1.29 is 19.1 Å². The number of methoxy groups -OCH3 is 1. The fourth-order valence-corrected chi connectivity index (χ4v) is 4.01. The lowest BCUT2D eigenvalue weighted by Crippen LogP contribution is -2.51. The number of nitrogens with zero attached hydrogens (tertiary/aromatic N) is 5. The molecular formula is C21H29N5O4. The maximum atomic E-state index is 12.7. The molecule has 1 aliphatic carbocycles. The molecule has 3 rings (SSSR count). The molecule has 1 aromatic carbocycles. The fourth-order valence-electron chi connectivity index (χ4n) is 4.01. The van der Waals surface area contributed by atoms with Gasteiger partial charge in [-0.25, -0.2) is 4.79 Å². The second-order valence-electron chi connectivity index (χ2n) is 7.78. The second kappa shape index (κ2) is 9.34. The van der Waals surface area contributed by atoms with Crippen molar-refractivity contribution >= 4 is 11.9 Å². The number of rotatable bonds is 7. The summed E-state index contributed by atoms with van der Waals surface area (Å²) in [5.74, 6) is 0.713. The van der Waals surface area contributed by atoms with Crippen molar-refractivity contribution in [2.24, 2.45) is 5.92 Å². The van der Waals surface area contributed by atoms with Gasteiger partial charge in [-0.1, -0.05) is 6.92 Å². The van der Waals surface area contributed by atoms with Crippen LogP contribution in [0.5, 0.6) is 0 Å².